The lowest BCUT2D eigenvalue weighted by molar-refractivity contribution is -0.690. The quantitative estimate of drug-likeness (QED) is 0.400. The number of aromatic nitrogens is 3. The molecule has 3 heterocycles. The van der Waals surface area contributed by atoms with Crippen molar-refractivity contribution in [3.8, 4) is 17.3 Å². The highest BCUT2D eigenvalue weighted by Gasteiger charge is 2.34. The van der Waals surface area contributed by atoms with Gasteiger partial charge in [0.2, 0.25) is 5.88 Å². The molecule has 8 nitrogen and oxygen atoms in total. The number of aryl methyl sites for hydroxylation is 1. The maximum atomic E-state index is 12.8. The zero-order chi connectivity index (χ0) is 21.7. The minimum Gasteiger partial charge on any atom is -0.497 e. The predicted molar refractivity (Wildman–Crippen MR) is 116 cm³/mol. The molecule has 0 radical (unpaired) electrons. The van der Waals surface area contributed by atoms with Crippen LogP contribution < -0.4 is 21.3 Å². The second-order valence-electron chi connectivity index (χ2n) is 7.85. The van der Waals surface area contributed by atoms with E-state index < -0.39 is 17.3 Å². The van der Waals surface area contributed by atoms with Gasteiger partial charge in [-0.1, -0.05) is 17.7 Å². The zero-order valence-electron chi connectivity index (χ0n) is 17.2. The van der Waals surface area contributed by atoms with Crippen LogP contribution >= 0.6 is 0 Å². The van der Waals surface area contributed by atoms with E-state index in [1.807, 2.05) is 42.6 Å². The third-order valence-electron chi connectivity index (χ3n) is 5.98. The normalized spacial score (nSPS) is 15.7. The highest BCUT2D eigenvalue weighted by atomic mass is 16.5. The Kier molecular flexibility index (Phi) is 4.44. The van der Waals surface area contributed by atoms with Crippen molar-refractivity contribution in [2.45, 2.75) is 19.4 Å². The lowest BCUT2D eigenvalue weighted by atomic mass is 9.95. The summed E-state index contributed by atoms with van der Waals surface area (Å²) in [6, 6.07) is 12.5. The van der Waals surface area contributed by atoms with E-state index in [-0.39, 0.29) is 11.4 Å². The van der Waals surface area contributed by atoms with E-state index in [0.29, 0.717) is 5.69 Å². The van der Waals surface area contributed by atoms with Crippen LogP contribution in [0.2, 0.25) is 0 Å². The van der Waals surface area contributed by atoms with Gasteiger partial charge in [0.05, 0.1) is 25.0 Å². The molecule has 158 valence electrons. The Morgan fingerprint density at radius 2 is 1.90 bits per heavy atom. The third kappa shape index (κ3) is 3.03. The maximum absolute atomic E-state index is 12.8. The molecule has 8 heteroatoms. The Balaban J connectivity index is 1.72. The first-order chi connectivity index (χ1) is 15.0. The van der Waals surface area contributed by atoms with E-state index in [1.165, 1.54) is 0 Å². The fourth-order valence-electron chi connectivity index (χ4n) is 4.44. The summed E-state index contributed by atoms with van der Waals surface area (Å²) in [5.41, 5.74) is 3.29. The highest BCUT2D eigenvalue weighted by Crippen LogP contribution is 2.34. The molecule has 0 saturated carbocycles. The molecule has 1 aliphatic heterocycles. The molecule has 0 aliphatic carbocycles. The number of hydrogen-bond donors (Lipinski definition) is 4. The Hall–Kier alpha value is -3.78. The lowest BCUT2D eigenvalue weighted by Crippen LogP contribution is -2.87. The van der Waals surface area contributed by atoms with Crippen molar-refractivity contribution in [1.29, 1.82) is 0 Å². The number of aromatic amines is 2. The molecule has 0 bridgehead atoms. The number of benzene rings is 2. The highest BCUT2D eigenvalue weighted by molar-refractivity contribution is 5.86. The molecule has 5 N–H and O–H groups in total. The topological polar surface area (TPSA) is 117 Å². The summed E-state index contributed by atoms with van der Waals surface area (Å²) in [6.45, 7) is 2.68. The predicted octanol–water partition coefficient (Wildman–Crippen LogP) is 1.24. The van der Waals surface area contributed by atoms with Crippen LogP contribution in [0.1, 0.15) is 28.4 Å². The minimum absolute atomic E-state index is 0.152. The molecule has 1 atom stereocenters. The molecular formula is C23H23N4O4+. The van der Waals surface area contributed by atoms with E-state index in [4.69, 9.17) is 4.74 Å². The summed E-state index contributed by atoms with van der Waals surface area (Å²) in [5.74, 6) is 0.414. The Labute approximate surface area is 177 Å². The molecular weight excluding hydrogens is 396 g/mol. The van der Waals surface area contributed by atoms with Crippen LogP contribution in [-0.2, 0) is 6.42 Å². The van der Waals surface area contributed by atoms with Crippen molar-refractivity contribution in [2.75, 3.05) is 13.7 Å². The number of nitrogens with two attached hydrogens (primary N) is 1. The van der Waals surface area contributed by atoms with Crippen molar-refractivity contribution in [3.05, 3.63) is 85.7 Å². The van der Waals surface area contributed by atoms with E-state index in [1.54, 1.807) is 19.2 Å². The molecule has 5 rings (SSSR count). The fraction of sp³-hybridized carbons (Fsp3) is 0.217. The van der Waals surface area contributed by atoms with E-state index in [2.05, 4.69) is 9.97 Å². The first kappa shape index (κ1) is 19.2. The van der Waals surface area contributed by atoms with Gasteiger partial charge in [0.15, 0.2) is 6.04 Å². The Morgan fingerprint density at radius 1 is 1.13 bits per heavy atom. The van der Waals surface area contributed by atoms with Gasteiger partial charge in [0, 0.05) is 17.3 Å². The van der Waals surface area contributed by atoms with E-state index in [0.717, 1.165) is 51.0 Å². The average molecular weight is 419 g/mol. The van der Waals surface area contributed by atoms with Gasteiger partial charge in [-0.2, -0.15) is 0 Å². The van der Waals surface area contributed by atoms with Crippen LogP contribution in [0.4, 0.5) is 0 Å². The largest absolute Gasteiger partial charge is 0.497 e. The summed E-state index contributed by atoms with van der Waals surface area (Å²) in [7, 11) is 1.63. The summed E-state index contributed by atoms with van der Waals surface area (Å²) in [5, 5.41) is 14.1. The van der Waals surface area contributed by atoms with Gasteiger partial charge in [0.1, 0.15) is 11.3 Å². The first-order valence-corrected chi connectivity index (χ1v) is 10.1. The number of aromatic hydroxyl groups is 1. The number of hydrogen-bond acceptors (Lipinski definition) is 4. The second kappa shape index (κ2) is 7.17. The molecule has 0 saturated heterocycles. The molecule has 1 aliphatic rings. The van der Waals surface area contributed by atoms with Crippen LogP contribution in [0.5, 0.6) is 11.6 Å². The molecule has 31 heavy (non-hydrogen) atoms. The van der Waals surface area contributed by atoms with Gasteiger partial charge < -0.3 is 20.1 Å². The third-order valence-corrected chi connectivity index (χ3v) is 5.98. The van der Waals surface area contributed by atoms with Crippen LogP contribution in [0.15, 0.2) is 52.1 Å². The number of rotatable bonds is 3. The van der Waals surface area contributed by atoms with Crippen molar-refractivity contribution in [2.24, 2.45) is 0 Å². The van der Waals surface area contributed by atoms with Crippen molar-refractivity contribution >= 4 is 10.9 Å². The molecule has 0 fully saturated rings. The van der Waals surface area contributed by atoms with Gasteiger partial charge in [0.25, 0.3) is 5.56 Å². The van der Waals surface area contributed by atoms with Crippen molar-refractivity contribution in [3.63, 3.8) is 0 Å². The minimum atomic E-state index is -0.674. The molecule has 2 aromatic heterocycles. The fourth-order valence-corrected chi connectivity index (χ4v) is 4.44. The monoisotopic (exact) mass is 419 g/mol. The Bertz CT molecular complexity index is 1410. The van der Waals surface area contributed by atoms with Gasteiger partial charge in [-0.25, -0.2) is 9.36 Å². The molecule has 4 aromatic rings. The standard InChI is InChI=1S/C23H22N4O4/c1-12-3-5-13(6-4-12)27-22(29)18(21(28)26-23(27)30)20-19-15(9-10-24-20)16-11-14(31-2)7-8-17(16)25-19/h3-8,11,20,24-25,29H,9-10H2,1-2H3,(H,26,28,30)/p+1/t20-/m1/s1. The van der Waals surface area contributed by atoms with E-state index >= 15 is 0 Å². The molecule has 2 aromatic carbocycles. The summed E-state index contributed by atoms with van der Waals surface area (Å²) >= 11 is 0. The van der Waals surface area contributed by atoms with Gasteiger partial charge in [-0.3, -0.25) is 9.78 Å². The van der Waals surface area contributed by atoms with Gasteiger partial charge in [-0.05, 0) is 42.8 Å². The van der Waals surface area contributed by atoms with Gasteiger partial charge >= 0.3 is 5.69 Å². The average Bonchev–Trinajstić information content (AvgIpc) is 3.13. The smallest absolute Gasteiger partial charge is 0.335 e. The number of H-pyrrole nitrogens is 2. The Morgan fingerprint density at radius 3 is 2.65 bits per heavy atom. The van der Waals surface area contributed by atoms with Gasteiger partial charge in [-0.15, -0.1) is 0 Å². The van der Waals surface area contributed by atoms with Crippen molar-refractivity contribution in [1.82, 2.24) is 14.5 Å². The van der Waals surface area contributed by atoms with Crippen LogP contribution in [0, 0.1) is 6.92 Å². The second-order valence-corrected chi connectivity index (χ2v) is 7.85. The zero-order valence-corrected chi connectivity index (χ0v) is 17.2. The SMILES string of the molecule is COc1ccc2[nH]c3c(c2c1)CC[NH2+][C@@H]3c1c(O)n(-c2ccc(C)cc2)c(=O)[nH]c1=O. The summed E-state index contributed by atoms with van der Waals surface area (Å²) < 4.78 is 6.51. The van der Waals surface area contributed by atoms with Crippen LogP contribution in [0.25, 0.3) is 16.6 Å². The lowest BCUT2D eigenvalue weighted by Gasteiger charge is -2.22. The maximum Gasteiger partial charge on any atom is 0.335 e. The first-order valence-electron chi connectivity index (χ1n) is 10.1. The number of quaternary nitrogens is 1. The van der Waals surface area contributed by atoms with Crippen LogP contribution in [-0.4, -0.2) is 33.3 Å². The molecule has 0 spiro atoms. The number of methoxy groups -OCH3 is 1. The van der Waals surface area contributed by atoms with Crippen LogP contribution in [0.3, 0.4) is 0 Å². The number of ether oxygens (including phenoxy) is 1. The number of nitrogens with one attached hydrogen (secondary N) is 2. The molecule has 0 amide bonds. The number of fused-ring (bicyclic) bond motifs is 3. The van der Waals surface area contributed by atoms with E-state index in [9.17, 15) is 14.7 Å². The number of nitrogens with zero attached hydrogens (tertiary/aromatic N) is 1. The molecule has 0 unspecified atom stereocenters. The summed E-state index contributed by atoms with van der Waals surface area (Å²) in [4.78, 5) is 31.2. The summed E-state index contributed by atoms with van der Waals surface area (Å²) in [6.07, 6.45) is 0.815. The van der Waals surface area contributed by atoms with Crippen molar-refractivity contribution < 1.29 is 15.2 Å².